The van der Waals surface area contributed by atoms with Gasteiger partial charge in [0.05, 0.1) is 13.0 Å². The van der Waals surface area contributed by atoms with E-state index in [1.807, 2.05) is 0 Å². The summed E-state index contributed by atoms with van der Waals surface area (Å²) in [6.07, 6.45) is 0.933. The zero-order chi connectivity index (χ0) is 13.8. The summed E-state index contributed by atoms with van der Waals surface area (Å²) in [5.41, 5.74) is 0. The van der Waals surface area contributed by atoms with Crippen LogP contribution in [0.4, 0.5) is 0 Å². The molecule has 18 heavy (non-hydrogen) atoms. The third-order valence-corrected chi connectivity index (χ3v) is 1.61. The van der Waals surface area contributed by atoms with E-state index in [1.165, 1.54) is 12.5 Å². The van der Waals surface area contributed by atoms with E-state index >= 15 is 0 Å². The van der Waals surface area contributed by atoms with Crippen LogP contribution in [0.25, 0.3) is 0 Å². The summed E-state index contributed by atoms with van der Waals surface area (Å²) in [5, 5.41) is 16.4. The van der Waals surface area contributed by atoms with Gasteiger partial charge in [0, 0.05) is 0 Å². The van der Waals surface area contributed by atoms with Crippen molar-refractivity contribution in [2.45, 2.75) is 19.4 Å². The smallest absolute Gasteiger partial charge is 0.349 e. The van der Waals surface area contributed by atoms with Crippen molar-refractivity contribution in [1.82, 2.24) is 0 Å². The third-order valence-electron chi connectivity index (χ3n) is 1.61. The number of hydrogen-bond donors (Lipinski definition) is 0. The minimum absolute atomic E-state index is 0.110. The molecule has 8 nitrogen and oxygen atoms in total. The molecule has 98 valence electrons. The second kappa shape index (κ2) is 9.73. The first-order valence-corrected chi connectivity index (χ1v) is 5.03. The Labute approximate surface area is 104 Å². The van der Waals surface area contributed by atoms with Crippen molar-refractivity contribution < 1.29 is 28.5 Å². The highest BCUT2D eigenvalue weighted by Crippen LogP contribution is 2.03. The first-order chi connectivity index (χ1) is 8.65. The van der Waals surface area contributed by atoms with Crippen LogP contribution in [0.2, 0.25) is 0 Å². The maximum absolute atomic E-state index is 11.4. The van der Waals surface area contributed by atoms with Crippen LogP contribution in [0.3, 0.4) is 0 Å². The van der Waals surface area contributed by atoms with Crippen LogP contribution in [0.5, 0.6) is 0 Å². The molecule has 0 spiro atoms. The largest absolute Gasteiger partial charge is 0.466 e. The number of carbonyl (C=O) groups excluding carboxylic acids is 2. The minimum Gasteiger partial charge on any atom is -0.466 e. The van der Waals surface area contributed by atoms with E-state index in [-0.39, 0.29) is 19.8 Å². The molecule has 0 aromatic heterocycles. The van der Waals surface area contributed by atoms with E-state index in [9.17, 15) is 9.59 Å². The minimum atomic E-state index is -1.35. The number of nitriles is 2. The van der Waals surface area contributed by atoms with Gasteiger partial charge in [-0.1, -0.05) is 0 Å². The van der Waals surface area contributed by atoms with Crippen molar-refractivity contribution in [3.05, 3.63) is 0 Å². The molecule has 0 aliphatic carbocycles. The lowest BCUT2D eigenvalue weighted by Crippen LogP contribution is -2.29. The van der Waals surface area contributed by atoms with Crippen molar-refractivity contribution in [2.75, 3.05) is 19.8 Å². The number of rotatable bonds is 8. The lowest BCUT2D eigenvalue weighted by Gasteiger charge is -2.12. The van der Waals surface area contributed by atoms with Crippen LogP contribution in [-0.2, 0) is 28.5 Å². The molecule has 0 bridgehead atoms. The standard InChI is InChI=1S/C10H12N2O6/c1-2-16-9(13)5-8(18-7-12)10(14)17-4-3-15-6-11/h8H,2-5H2,1H3. The normalized spacial score (nSPS) is 10.4. The average Bonchev–Trinajstić information content (AvgIpc) is 2.34. The van der Waals surface area contributed by atoms with E-state index in [1.54, 1.807) is 6.92 Å². The van der Waals surface area contributed by atoms with Gasteiger partial charge in [0.15, 0.2) is 0 Å². The summed E-state index contributed by atoms with van der Waals surface area (Å²) >= 11 is 0. The lowest BCUT2D eigenvalue weighted by atomic mass is 10.2. The summed E-state index contributed by atoms with van der Waals surface area (Å²) in [6, 6.07) is 0. The van der Waals surface area contributed by atoms with Crippen LogP contribution in [-0.4, -0.2) is 37.9 Å². The van der Waals surface area contributed by atoms with Gasteiger partial charge in [0.2, 0.25) is 6.10 Å². The average molecular weight is 256 g/mol. The van der Waals surface area contributed by atoms with Gasteiger partial charge in [-0.2, -0.15) is 10.5 Å². The number of nitrogens with zero attached hydrogens (tertiary/aromatic N) is 2. The summed E-state index contributed by atoms with van der Waals surface area (Å²) in [7, 11) is 0. The molecule has 0 aromatic carbocycles. The predicted molar refractivity (Wildman–Crippen MR) is 54.3 cm³/mol. The molecule has 1 atom stereocenters. The van der Waals surface area contributed by atoms with Gasteiger partial charge >= 0.3 is 11.9 Å². The fourth-order valence-electron chi connectivity index (χ4n) is 0.931. The second-order valence-corrected chi connectivity index (χ2v) is 2.81. The molecule has 0 aliphatic heterocycles. The monoisotopic (exact) mass is 256 g/mol. The SMILES string of the molecule is CCOC(=O)CC(OC#N)C(=O)OCCOC#N. The van der Waals surface area contributed by atoms with Crippen LogP contribution in [0, 0.1) is 23.0 Å². The van der Waals surface area contributed by atoms with Gasteiger partial charge in [0.1, 0.15) is 13.2 Å². The van der Waals surface area contributed by atoms with Crippen LogP contribution in [0.15, 0.2) is 0 Å². The van der Waals surface area contributed by atoms with Gasteiger partial charge in [-0.25, -0.2) is 4.79 Å². The Kier molecular flexibility index (Phi) is 8.39. The highest BCUT2D eigenvalue weighted by molar-refractivity contribution is 5.81. The molecule has 0 rings (SSSR count). The molecule has 0 aliphatic rings. The molecule has 0 radical (unpaired) electrons. The van der Waals surface area contributed by atoms with E-state index in [0.29, 0.717) is 0 Å². The topological polar surface area (TPSA) is 119 Å². The van der Waals surface area contributed by atoms with Crippen LogP contribution in [0.1, 0.15) is 13.3 Å². The van der Waals surface area contributed by atoms with E-state index in [2.05, 4.69) is 18.9 Å². The number of hydrogen-bond acceptors (Lipinski definition) is 8. The zero-order valence-corrected chi connectivity index (χ0v) is 9.75. The Bertz CT molecular complexity index is 356. The summed E-state index contributed by atoms with van der Waals surface area (Å²) < 4.78 is 17.9. The quantitative estimate of drug-likeness (QED) is 0.334. The highest BCUT2D eigenvalue weighted by Gasteiger charge is 2.26. The molecule has 0 fully saturated rings. The number of carbonyl (C=O) groups is 2. The van der Waals surface area contributed by atoms with Gasteiger partial charge in [-0.3, -0.25) is 4.79 Å². The van der Waals surface area contributed by atoms with Gasteiger partial charge < -0.3 is 18.9 Å². The number of esters is 2. The van der Waals surface area contributed by atoms with Crippen molar-refractivity contribution in [2.24, 2.45) is 0 Å². The number of ether oxygens (including phenoxy) is 4. The fraction of sp³-hybridized carbons (Fsp3) is 0.600. The second-order valence-electron chi connectivity index (χ2n) is 2.81. The Balaban J connectivity index is 4.15. The van der Waals surface area contributed by atoms with Gasteiger partial charge in [-0.15, -0.1) is 0 Å². The summed E-state index contributed by atoms with van der Waals surface area (Å²) in [5.74, 6) is -1.57. The molecule has 0 saturated heterocycles. The van der Waals surface area contributed by atoms with E-state index in [0.717, 1.165) is 0 Å². The van der Waals surface area contributed by atoms with Crippen molar-refractivity contribution >= 4 is 11.9 Å². The van der Waals surface area contributed by atoms with Crippen molar-refractivity contribution in [3.8, 4) is 12.5 Å². The van der Waals surface area contributed by atoms with Crippen LogP contribution >= 0.6 is 0 Å². The predicted octanol–water partition coefficient (Wildman–Crippen LogP) is -0.153. The first kappa shape index (κ1) is 15.5. The lowest BCUT2D eigenvalue weighted by molar-refractivity contribution is -0.160. The van der Waals surface area contributed by atoms with E-state index in [4.69, 9.17) is 10.5 Å². The molecule has 0 saturated carbocycles. The molecular formula is C10H12N2O6. The molecule has 0 N–H and O–H groups in total. The Morgan fingerprint density at radius 2 is 1.89 bits per heavy atom. The maximum Gasteiger partial charge on any atom is 0.349 e. The van der Waals surface area contributed by atoms with Gasteiger partial charge in [0.25, 0.3) is 12.5 Å². The van der Waals surface area contributed by atoms with Gasteiger partial charge in [-0.05, 0) is 6.92 Å². The van der Waals surface area contributed by atoms with E-state index < -0.39 is 24.5 Å². The zero-order valence-electron chi connectivity index (χ0n) is 9.75. The Morgan fingerprint density at radius 3 is 2.44 bits per heavy atom. The third kappa shape index (κ3) is 6.90. The maximum atomic E-state index is 11.4. The Morgan fingerprint density at radius 1 is 1.17 bits per heavy atom. The fourth-order valence-corrected chi connectivity index (χ4v) is 0.931. The highest BCUT2D eigenvalue weighted by atomic mass is 16.6. The molecule has 0 aromatic rings. The molecule has 0 amide bonds. The molecule has 1 unspecified atom stereocenters. The first-order valence-electron chi connectivity index (χ1n) is 5.03. The molecule has 8 heteroatoms. The molecule has 0 heterocycles. The van der Waals surface area contributed by atoms with Crippen molar-refractivity contribution in [1.29, 1.82) is 10.5 Å². The molecular weight excluding hydrogens is 244 g/mol. The van der Waals surface area contributed by atoms with Crippen molar-refractivity contribution in [3.63, 3.8) is 0 Å². The summed E-state index contributed by atoms with van der Waals surface area (Å²) in [4.78, 5) is 22.5. The Hall–Kier alpha value is -2.48. The van der Waals surface area contributed by atoms with Crippen LogP contribution < -0.4 is 0 Å². The summed E-state index contributed by atoms with van der Waals surface area (Å²) in [6.45, 7) is 1.47.